The molecule has 4 nitrogen and oxygen atoms in total. The van der Waals surface area contributed by atoms with Gasteiger partial charge in [-0.05, 0) is 19.8 Å². The summed E-state index contributed by atoms with van der Waals surface area (Å²) in [5.41, 5.74) is 0.0521. The van der Waals surface area contributed by atoms with Gasteiger partial charge in [-0.15, -0.1) is 0 Å². The van der Waals surface area contributed by atoms with E-state index in [4.69, 9.17) is 9.47 Å². The first-order valence-corrected chi connectivity index (χ1v) is 9.28. The van der Waals surface area contributed by atoms with Gasteiger partial charge < -0.3 is 9.47 Å². The van der Waals surface area contributed by atoms with Gasteiger partial charge in [0.05, 0.1) is 14.2 Å². The third-order valence-corrected chi connectivity index (χ3v) is 4.80. The van der Waals surface area contributed by atoms with Gasteiger partial charge in [-0.1, -0.05) is 65.2 Å². The normalized spacial score (nSPS) is 13.8. The SMILES string of the molecule is CCCCCCCC(C)(CCCCC)n1cnc(OC)c1OC. The van der Waals surface area contributed by atoms with Gasteiger partial charge in [-0.2, -0.15) is 4.98 Å². The third-order valence-electron chi connectivity index (χ3n) is 4.80. The molecule has 0 saturated heterocycles. The summed E-state index contributed by atoms with van der Waals surface area (Å²) in [6.45, 7) is 6.85. The molecule has 23 heavy (non-hydrogen) atoms. The lowest BCUT2D eigenvalue weighted by Gasteiger charge is -2.32. The number of hydrogen-bond donors (Lipinski definition) is 0. The minimum Gasteiger partial charge on any atom is -0.478 e. The lowest BCUT2D eigenvalue weighted by molar-refractivity contribution is 0.217. The fourth-order valence-electron chi connectivity index (χ4n) is 3.26. The Morgan fingerprint density at radius 3 is 2.04 bits per heavy atom. The average molecular weight is 325 g/mol. The summed E-state index contributed by atoms with van der Waals surface area (Å²) in [6.07, 6.45) is 14.5. The molecule has 0 aliphatic heterocycles. The second-order valence-electron chi connectivity index (χ2n) is 6.75. The van der Waals surface area contributed by atoms with Gasteiger partial charge in [-0.3, -0.25) is 4.57 Å². The molecule has 0 fully saturated rings. The van der Waals surface area contributed by atoms with E-state index in [2.05, 4.69) is 30.3 Å². The number of rotatable bonds is 13. The lowest BCUT2D eigenvalue weighted by Crippen LogP contribution is -2.30. The highest BCUT2D eigenvalue weighted by molar-refractivity contribution is 5.28. The van der Waals surface area contributed by atoms with Crippen LogP contribution in [0, 0.1) is 0 Å². The predicted octanol–water partition coefficient (Wildman–Crippen LogP) is 5.56. The molecule has 4 heteroatoms. The largest absolute Gasteiger partial charge is 0.478 e. The van der Waals surface area contributed by atoms with Crippen LogP contribution < -0.4 is 9.47 Å². The minimum atomic E-state index is 0.0521. The molecular formula is C19H36N2O2. The highest BCUT2D eigenvalue weighted by Crippen LogP contribution is 2.37. The van der Waals surface area contributed by atoms with E-state index in [1.807, 2.05) is 6.33 Å². The number of aromatic nitrogens is 2. The smallest absolute Gasteiger partial charge is 0.277 e. The van der Waals surface area contributed by atoms with E-state index in [1.165, 1.54) is 51.4 Å². The maximum absolute atomic E-state index is 5.58. The van der Waals surface area contributed by atoms with Crippen LogP contribution in [0.25, 0.3) is 0 Å². The van der Waals surface area contributed by atoms with Crippen LogP contribution in [-0.2, 0) is 5.54 Å². The Morgan fingerprint density at radius 2 is 1.48 bits per heavy atom. The first-order valence-electron chi connectivity index (χ1n) is 9.28. The van der Waals surface area contributed by atoms with Crippen molar-refractivity contribution in [1.82, 2.24) is 9.55 Å². The average Bonchev–Trinajstić information content (AvgIpc) is 2.98. The molecule has 134 valence electrons. The number of hydrogen-bond acceptors (Lipinski definition) is 3. The molecule has 0 saturated carbocycles. The fourth-order valence-corrected chi connectivity index (χ4v) is 3.26. The van der Waals surface area contributed by atoms with Crippen molar-refractivity contribution in [2.24, 2.45) is 0 Å². The van der Waals surface area contributed by atoms with Crippen molar-refractivity contribution in [2.75, 3.05) is 14.2 Å². The number of imidazole rings is 1. The van der Waals surface area contributed by atoms with Crippen molar-refractivity contribution in [3.05, 3.63) is 6.33 Å². The van der Waals surface area contributed by atoms with Gasteiger partial charge in [0.15, 0.2) is 0 Å². The fraction of sp³-hybridized carbons (Fsp3) is 0.842. The van der Waals surface area contributed by atoms with Crippen LogP contribution in [0.4, 0.5) is 0 Å². The maximum Gasteiger partial charge on any atom is 0.277 e. The van der Waals surface area contributed by atoms with Gasteiger partial charge in [-0.25, -0.2) is 0 Å². The van der Waals surface area contributed by atoms with E-state index >= 15 is 0 Å². The van der Waals surface area contributed by atoms with Crippen LogP contribution in [0.5, 0.6) is 11.8 Å². The lowest BCUT2D eigenvalue weighted by atomic mass is 9.88. The van der Waals surface area contributed by atoms with Gasteiger partial charge in [0.2, 0.25) is 0 Å². The molecular weight excluding hydrogens is 288 g/mol. The first-order chi connectivity index (χ1) is 11.1. The maximum atomic E-state index is 5.58. The Kier molecular flexibility index (Phi) is 9.12. The van der Waals surface area contributed by atoms with Crippen molar-refractivity contribution in [3.8, 4) is 11.8 Å². The number of unbranched alkanes of at least 4 members (excludes halogenated alkanes) is 6. The Labute approximate surface area is 142 Å². The van der Waals surface area contributed by atoms with Crippen molar-refractivity contribution in [3.63, 3.8) is 0 Å². The van der Waals surface area contributed by atoms with Crippen LogP contribution in [0.15, 0.2) is 6.33 Å². The van der Waals surface area contributed by atoms with Gasteiger partial charge in [0.1, 0.15) is 6.33 Å². The molecule has 0 amide bonds. The van der Waals surface area contributed by atoms with Crippen molar-refractivity contribution in [1.29, 1.82) is 0 Å². The Morgan fingerprint density at radius 1 is 0.913 bits per heavy atom. The summed E-state index contributed by atoms with van der Waals surface area (Å²) in [7, 11) is 3.35. The second kappa shape index (κ2) is 10.6. The summed E-state index contributed by atoms with van der Waals surface area (Å²) in [5.74, 6) is 1.33. The zero-order valence-corrected chi connectivity index (χ0v) is 15.9. The third kappa shape index (κ3) is 5.74. The zero-order valence-electron chi connectivity index (χ0n) is 15.9. The van der Waals surface area contributed by atoms with Crippen LogP contribution in [-0.4, -0.2) is 23.8 Å². The molecule has 1 aromatic heterocycles. The Balaban J connectivity index is 2.83. The molecule has 1 rings (SSSR count). The molecule has 0 aromatic carbocycles. The highest BCUT2D eigenvalue weighted by Gasteiger charge is 2.30. The molecule has 0 N–H and O–H groups in total. The van der Waals surface area contributed by atoms with Crippen LogP contribution in [0.2, 0.25) is 0 Å². The molecule has 1 unspecified atom stereocenters. The molecule has 0 aliphatic rings. The Bertz CT molecular complexity index is 431. The summed E-state index contributed by atoms with van der Waals surface area (Å²) in [6, 6.07) is 0. The van der Waals surface area contributed by atoms with E-state index in [0.29, 0.717) is 5.88 Å². The summed E-state index contributed by atoms with van der Waals surface area (Å²) >= 11 is 0. The predicted molar refractivity (Wildman–Crippen MR) is 96.5 cm³/mol. The van der Waals surface area contributed by atoms with Crippen LogP contribution in [0.1, 0.15) is 85.0 Å². The van der Waals surface area contributed by atoms with Crippen LogP contribution in [0.3, 0.4) is 0 Å². The standard InChI is InChI=1S/C19H36N2O2/c1-6-8-10-11-13-15-19(3,14-12-9-7-2)21-16-20-17(22-4)18(21)23-5/h16H,6-15H2,1-5H3. The molecule has 0 bridgehead atoms. The number of nitrogens with zero attached hydrogens (tertiary/aromatic N) is 2. The second-order valence-corrected chi connectivity index (χ2v) is 6.75. The summed E-state index contributed by atoms with van der Waals surface area (Å²) in [4.78, 5) is 4.37. The minimum absolute atomic E-state index is 0.0521. The number of ether oxygens (including phenoxy) is 2. The van der Waals surface area contributed by atoms with E-state index in [9.17, 15) is 0 Å². The van der Waals surface area contributed by atoms with Gasteiger partial charge in [0.25, 0.3) is 11.8 Å². The van der Waals surface area contributed by atoms with Crippen molar-refractivity contribution >= 4 is 0 Å². The van der Waals surface area contributed by atoms with Crippen LogP contribution >= 0.6 is 0 Å². The number of methoxy groups -OCH3 is 2. The molecule has 0 spiro atoms. The van der Waals surface area contributed by atoms with E-state index in [1.54, 1.807) is 14.2 Å². The molecule has 1 aromatic rings. The van der Waals surface area contributed by atoms with E-state index in [0.717, 1.165) is 18.7 Å². The summed E-state index contributed by atoms with van der Waals surface area (Å²) in [5, 5.41) is 0. The summed E-state index contributed by atoms with van der Waals surface area (Å²) < 4.78 is 13.1. The van der Waals surface area contributed by atoms with Crippen molar-refractivity contribution in [2.45, 2.75) is 90.5 Å². The molecule has 1 atom stereocenters. The molecule has 1 heterocycles. The van der Waals surface area contributed by atoms with Gasteiger partial charge in [0, 0.05) is 5.54 Å². The van der Waals surface area contributed by atoms with E-state index in [-0.39, 0.29) is 5.54 Å². The van der Waals surface area contributed by atoms with E-state index < -0.39 is 0 Å². The first kappa shape index (κ1) is 19.9. The van der Waals surface area contributed by atoms with Gasteiger partial charge >= 0.3 is 0 Å². The quantitative estimate of drug-likeness (QED) is 0.446. The molecule has 0 aliphatic carbocycles. The Hall–Kier alpha value is -1.19. The highest BCUT2D eigenvalue weighted by atomic mass is 16.5. The molecule has 0 radical (unpaired) electrons. The topological polar surface area (TPSA) is 36.3 Å². The zero-order chi connectivity index (χ0) is 17.1. The monoisotopic (exact) mass is 324 g/mol. The van der Waals surface area contributed by atoms with Crippen molar-refractivity contribution < 1.29 is 9.47 Å².